The van der Waals surface area contributed by atoms with Gasteiger partial charge in [-0.25, -0.2) is 19.9 Å². The summed E-state index contributed by atoms with van der Waals surface area (Å²) in [6.45, 7) is 0. The molecule has 290 valence electrons. The highest BCUT2D eigenvalue weighted by molar-refractivity contribution is 6.10. The van der Waals surface area contributed by atoms with Crippen molar-refractivity contribution in [1.29, 1.82) is 0 Å². The van der Waals surface area contributed by atoms with Crippen molar-refractivity contribution in [1.82, 2.24) is 19.9 Å². The summed E-state index contributed by atoms with van der Waals surface area (Å²) in [5.74, 6) is 1.23. The SMILES string of the molecule is c1ccc(-c2ccc(-c3nc(-c4ccccc4-c4ccccc4-c4nc(-c5ccc(-c6ccccc6)cc5)nc5c4oc4ccccc45)c4oc5ccccc5c4n3)cc2)cc1. The Balaban J connectivity index is 1.05. The number of furan rings is 2. The van der Waals surface area contributed by atoms with Gasteiger partial charge in [-0.3, -0.25) is 0 Å². The Morgan fingerprint density at radius 3 is 1.00 bits per heavy atom. The van der Waals surface area contributed by atoms with E-state index in [1.807, 2.05) is 60.7 Å². The molecule has 0 spiro atoms. The Kier molecular flexibility index (Phi) is 8.38. The van der Waals surface area contributed by atoms with Crippen molar-refractivity contribution in [2.75, 3.05) is 0 Å². The molecule has 0 atom stereocenters. The van der Waals surface area contributed by atoms with Gasteiger partial charge in [0, 0.05) is 33.0 Å². The van der Waals surface area contributed by atoms with Crippen molar-refractivity contribution < 1.29 is 8.83 Å². The first kappa shape index (κ1) is 35.5. The standard InChI is InChI=1S/C56H34N4O2/c1-3-15-35(16-4-1)37-27-31-39(32-28-37)55-57-49(53-51(59-55)45-23-11-13-25-47(45)61-53)43-21-9-7-19-41(43)42-20-8-10-22-44(42)50-54-52(46-24-12-14-26-48(46)62-54)60-56(58-50)40-33-29-38(30-34-40)36-17-5-2-6-18-36/h1-34H. The average Bonchev–Trinajstić information content (AvgIpc) is 3.93. The predicted molar refractivity (Wildman–Crippen MR) is 250 cm³/mol. The zero-order valence-corrected chi connectivity index (χ0v) is 33.2. The highest BCUT2D eigenvalue weighted by Crippen LogP contribution is 2.44. The number of benzene rings is 8. The minimum Gasteiger partial charge on any atom is -0.452 e. The van der Waals surface area contributed by atoms with E-state index in [1.54, 1.807) is 0 Å². The fraction of sp³-hybridized carbons (Fsp3) is 0. The van der Waals surface area contributed by atoms with Crippen molar-refractivity contribution in [3.8, 4) is 78.7 Å². The summed E-state index contributed by atoms with van der Waals surface area (Å²) < 4.78 is 13.3. The molecule has 0 bridgehead atoms. The average molecular weight is 795 g/mol. The second-order valence-corrected chi connectivity index (χ2v) is 15.3. The van der Waals surface area contributed by atoms with E-state index >= 15 is 0 Å². The van der Waals surface area contributed by atoms with Crippen LogP contribution in [0.15, 0.2) is 215 Å². The van der Waals surface area contributed by atoms with Crippen LogP contribution < -0.4 is 0 Å². The zero-order chi connectivity index (χ0) is 41.0. The second-order valence-electron chi connectivity index (χ2n) is 15.3. The van der Waals surface area contributed by atoms with Gasteiger partial charge in [0.2, 0.25) is 0 Å². The van der Waals surface area contributed by atoms with Crippen molar-refractivity contribution in [2.45, 2.75) is 0 Å². The molecule has 12 aromatic rings. The summed E-state index contributed by atoms with van der Waals surface area (Å²) in [6, 6.07) is 70.4. The molecule has 0 saturated heterocycles. The predicted octanol–water partition coefficient (Wildman–Crippen LogP) is 14.7. The number of rotatable bonds is 7. The quantitative estimate of drug-likeness (QED) is 0.160. The highest BCUT2D eigenvalue weighted by Gasteiger charge is 2.24. The zero-order valence-electron chi connectivity index (χ0n) is 33.2. The maximum Gasteiger partial charge on any atom is 0.180 e. The molecule has 0 amide bonds. The summed E-state index contributed by atoms with van der Waals surface area (Å²) in [5.41, 5.74) is 15.8. The van der Waals surface area contributed by atoms with Gasteiger partial charge in [0.15, 0.2) is 22.8 Å². The topological polar surface area (TPSA) is 77.8 Å². The molecule has 0 radical (unpaired) electrons. The number of hydrogen-bond acceptors (Lipinski definition) is 6. The first-order valence-electron chi connectivity index (χ1n) is 20.6. The van der Waals surface area contributed by atoms with Gasteiger partial charge >= 0.3 is 0 Å². The minimum absolute atomic E-state index is 0.615. The molecule has 62 heavy (non-hydrogen) atoms. The van der Waals surface area contributed by atoms with Gasteiger partial charge < -0.3 is 8.83 Å². The Morgan fingerprint density at radius 1 is 0.258 bits per heavy atom. The molecule has 0 aliphatic rings. The van der Waals surface area contributed by atoms with Gasteiger partial charge in [-0.1, -0.05) is 182 Å². The van der Waals surface area contributed by atoms with Crippen LogP contribution in [0.1, 0.15) is 0 Å². The van der Waals surface area contributed by atoms with Gasteiger partial charge in [0.25, 0.3) is 0 Å². The molecule has 8 aromatic carbocycles. The minimum atomic E-state index is 0.615. The molecule has 6 heteroatoms. The third-order valence-electron chi connectivity index (χ3n) is 11.6. The number of para-hydroxylation sites is 2. The Labute approximate surface area is 356 Å². The molecule has 0 N–H and O–H groups in total. The van der Waals surface area contributed by atoms with Crippen LogP contribution in [0, 0.1) is 0 Å². The molecular weight excluding hydrogens is 761 g/mol. The second kappa shape index (κ2) is 14.7. The van der Waals surface area contributed by atoms with Crippen LogP contribution in [0.25, 0.3) is 123 Å². The summed E-state index contributed by atoms with van der Waals surface area (Å²) in [6.07, 6.45) is 0. The summed E-state index contributed by atoms with van der Waals surface area (Å²) >= 11 is 0. The van der Waals surface area contributed by atoms with E-state index in [9.17, 15) is 0 Å². The first-order chi connectivity index (χ1) is 30.7. The van der Waals surface area contributed by atoms with E-state index < -0.39 is 0 Å². The monoisotopic (exact) mass is 794 g/mol. The maximum atomic E-state index is 6.64. The molecule has 0 aliphatic heterocycles. The van der Waals surface area contributed by atoms with E-state index in [2.05, 4.69) is 146 Å². The largest absolute Gasteiger partial charge is 0.452 e. The molecule has 0 aliphatic carbocycles. The Morgan fingerprint density at radius 2 is 0.581 bits per heavy atom. The third kappa shape index (κ3) is 6.04. The van der Waals surface area contributed by atoms with E-state index in [0.717, 1.165) is 88.6 Å². The highest BCUT2D eigenvalue weighted by atomic mass is 16.3. The lowest BCUT2D eigenvalue weighted by atomic mass is 9.92. The fourth-order valence-corrected chi connectivity index (χ4v) is 8.54. The van der Waals surface area contributed by atoms with Crippen LogP contribution in [-0.4, -0.2) is 19.9 Å². The maximum absolute atomic E-state index is 6.64. The Bertz CT molecular complexity index is 3370. The van der Waals surface area contributed by atoms with Crippen LogP contribution in [0.3, 0.4) is 0 Å². The number of aromatic nitrogens is 4. The molecule has 4 heterocycles. The lowest BCUT2D eigenvalue weighted by Gasteiger charge is -2.15. The summed E-state index contributed by atoms with van der Waals surface area (Å²) in [7, 11) is 0. The number of fused-ring (bicyclic) bond motifs is 6. The van der Waals surface area contributed by atoms with Crippen molar-refractivity contribution >= 4 is 44.1 Å². The third-order valence-corrected chi connectivity index (χ3v) is 11.6. The molecule has 0 saturated carbocycles. The van der Waals surface area contributed by atoms with Crippen molar-refractivity contribution in [3.05, 3.63) is 206 Å². The molecule has 12 rings (SSSR count). The van der Waals surface area contributed by atoms with Crippen LogP contribution in [0.5, 0.6) is 0 Å². The number of hydrogen-bond donors (Lipinski definition) is 0. The molecule has 0 unspecified atom stereocenters. The molecular formula is C56H34N4O2. The van der Waals surface area contributed by atoms with Gasteiger partial charge in [-0.2, -0.15) is 0 Å². The van der Waals surface area contributed by atoms with Crippen LogP contribution in [-0.2, 0) is 0 Å². The summed E-state index contributed by atoms with van der Waals surface area (Å²) in [4.78, 5) is 21.0. The van der Waals surface area contributed by atoms with Crippen molar-refractivity contribution in [2.24, 2.45) is 0 Å². The molecule has 0 fully saturated rings. The first-order valence-corrected chi connectivity index (χ1v) is 20.6. The van der Waals surface area contributed by atoms with E-state index in [-0.39, 0.29) is 0 Å². The van der Waals surface area contributed by atoms with Gasteiger partial charge in [-0.15, -0.1) is 0 Å². The lowest BCUT2D eigenvalue weighted by molar-refractivity contribution is 0.667. The van der Waals surface area contributed by atoms with Crippen LogP contribution >= 0.6 is 0 Å². The van der Waals surface area contributed by atoms with Crippen molar-refractivity contribution in [3.63, 3.8) is 0 Å². The van der Waals surface area contributed by atoms with E-state index in [1.165, 1.54) is 0 Å². The van der Waals surface area contributed by atoms with Gasteiger partial charge in [0.1, 0.15) is 33.6 Å². The molecule has 4 aromatic heterocycles. The summed E-state index contributed by atoms with van der Waals surface area (Å²) in [5, 5.41) is 1.87. The van der Waals surface area contributed by atoms with E-state index in [0.29, 0.717) is 34.2 Å². The smallest absolute Gasteiger partial charge is 0.180 e. The van der Waals surface area contributed by atoms with E-state index in [4.69, 9.17) is 28.8 Å². The normalized spacial score (nSPS) is 11.5. The molecule has 6 nitrogen and oxygen atoms in total. The van der Waals surface area contributed by atoms with Crippen LogP contribution in [0.4, 0.5) is 0 Å². The lowest BCUT2D eigenvalue weighted by Crippen LogP contribution is -1.98. The number of nitrogens with zero attached hydrogens (tertiary/aromatic N) is 4. The van der Waals surface area contributed by atoms with Crippen LogP contribution in [0.2, 0.25) is 0 Å². The Hall–Kier alpha value is -8.48. The van der Waals surface area contributed by atoms with Gasteiger partial charge in [0.05, 0.1) is 0 Å². The van der Waals surface area contributed by atoms with Gasteiger partial charge in [-0.05, 0) is 57.6 Å². The fourth-order valence-electron chi connectivity index (χ4n) is 8.54.